The minimum Gasteiger partial charge on any atom is -0.352 e. The lowest BCUT2D eigenvalue weighted by Crippen LogP contribution is -2.54. The molecule has 0 saturated carbocycles. The van der Waals surface area contributed by atoms with Gasteiger partial charge < -0.3 is 10.2 Å². The summed E-state index contributed by atoms with van der Waals surface area (Å²) in [6.45, 7) is 6.83. The zero-order chi connectivity index (χ0) is 32.7. The van der Waals surface area contributed by atoms with Crippen molar-refractivity contribution in [2.45, 2.75) is 57.6 Å². The van der Waals surface area contributed by atoms with E-state index in [4.69, 9.17) is 11.6 Å². The second-order valence-electron chi connectivity index (χ2n) is 11.2. The molecule has 1 atom stereocenters. The first kappa shape index (κ1) is 34.2. The Morgan fingerprint density at radius 1 is 0.867 bits per heavy atom. The molecule has 0 spiro atoms. The zero-order valence-corrected chi connectivity index (χ0v) is 28.9. The van der Waals surface area contributed by atoms with E-state index < -0.39 is 28.5 Å². The molecule has 236 valence electrons. The van der Waals surface area contributed by atoms with Crippen LogP contribution in [0, 0.1) is 13.8 Å². The topological polar surface area (TPSA) is 86.8 Å². The maximum Gasteiger partial charge on any atom is 0.264 e. The number of hydrogen-bond donors (Lipinski definition) is 1. The molecule has 4 aromatic carbocycles. The smallest absolute Gasteiger partial charge is 0.264 e. The van der Waals surface area contributed by atoms with Crippen molar-refractivity contribution in [2.75, 3.05) is 10.8 Å². The number of sulfonamides is 1. The maximum atomic E-state index is 14.6. The number of carbonyl (C=O) groups excluding carboxylic acids is 2. The zero-order valence-electron chi connectivity index (χ0n) is 25.7. The van der Waals surface area contributed by atoms with Gasteiger partial charge in [-0.2, -0.15) is 0 Å². The van der Waals surface area contributed by atoms with Crippen molar-refractivity contribution in [3.8, 4) is 0 Å². The van der Waals surface area contributed by atoms with E-state index in [0.717, 1.165) is 25.5 Å². The highest BCUT2D eigenvalue weighted by atomic mass is 79.9. The quantitative estimate of drug-likeness (QED) is 0.170. The summed E-state index contributed by atoms with van der Waals surface area (Å²) in [4.78, 5) is 29.9. The predicted molar refractivity (Wildman–Crippen MR) is 184 cm³/mol. The van der Waals surface area contributed by atoms with Crippen LogP contribution in [-0.2, 0) is 32.6 Å². The molecule has 4 aromatic rings. The third-order valence-electron chi connectivity index (χ3n) is 7.34. The summed E-state index contributed by atoms with van der Waals surface area (Å²) in [6, 6.07) is 27.3. The number of aryl methyl sites for hydroxylation is 1. The van der Waals surface area contributed by atoms with Gasteiger partial charge >= 0.3 is 0 Å². The molecular formula is C35H37BrClN3O4S. The van der Waals surface area contributed by atoms with E-state index in [1.807, 2.05) is 75.4 Å². The third kappa shape index (κ3) is 8.75. The average molecular weight is 711 g/mol. The van der Waals surface area contributed by atoms with Gasteiger partial charge in [0.05, 0.1) is 10.6 Å². The Morgan fingerprint density at radius 3 is 2.16 bits per heavy atom. The highest BCUT2D eigenvalue weighted by molar-refractivity contribution is 9.10. The first-order valence-corrected chi connectivity index (χ1v) is 17.2. The fraction of sp³-hybridized carbons (Fsp3) is 0.257. The Bertz CT molecular complexity index is 1750. The van der Waals surface area contributed by atoms with Gasteiger partial charge in [-0.3, -0.25) is 13.9 Å². The van der Waals surface area contributed by atoms with Gasteiger partial charge in [0.2, 0.25) is 11.8 Å². The van der Waals surface area contributed by atoms with Crippen molar-refractivity contribution in [3.05, 3.63) is 129 Å². The van der Waals surface area contributed by atoms with E-state index in [-0.39, 0.29) is 35.5 Å². The summed E-state index contributed by atoms with van der Waals surface area (Å²) in [5.41, 5.74) is 3.34. The largest absolute Gasteiger partial charge is 0.352 e. The highest BCUT2D eigenvalue weighted by Crippen LogP contribution is 2.31. The van der Waals surface area contributed by atoms with Gasteiger partial charge in [0.1, 0.15) is 12.6 Å². The summed E-state index contributed by atoms with van der Waals surface area (Å²) < 4.78 is 30.4. The minimum absolute atomic E-state index is 0.0391. The summed E-state index contributed by atoms with van der Waals surface area (Å²) in [7, 11) is -4.22. The van der Waals surface area contributed by atoms with Crippen LogP contribution in [0.5, 0.6) is 0 Å². The molecule has 1 N–H and O–H groups in total. The van der Waals surface area contributed by atoms with Crippen LogP contribution in [0.2, 0.25) is 5.02 Å². The molecule has 10 heteroatoms. The molecule has 7 nitrogen and oxygen atoms in total. The van der Waals surface area contributed by atoms with Crippen molar-refractivity contribution in [3.63, 3.8) is 0 Å². The molecule has 2 amide bonds. The van der Waals surface area contributed by atoms with Crippen molar-refractivity contribution in [1.29, 1.82) is 0 Å². The van der Waals surface area contributed by atoms with Crippen LogP contribution >= 0.6 is 27.5 Å². The predicted octanol–water partition coefficient (Wildman–Crippen LogP) is 7.08. The molecule has 0 heterocycles. The fourth-order valence-electron chi connectivity index (χ4n) is 4.98. The van der Waals surface area contributed by atoms with E-state index in [2.05, 4.69) is 21.2 Å². The van der Waals surface area contributed by atoms with Gasteiger partial charge in [-0.1, -0.05) is 93.8 Å². The van der Waals surface area contributed by atoms with Crippen LogP contribution in [-0.4, -0.2) is 43.8 Å². The molecule has 0 fully saturated rings. The monoisotopic (exact) mass is 709 g/mol. The molecular weight excluding hydrogens is 674 g/mol. The van der Waals surface area contributed by atoms with Gasteiger partial charge in [0.15, 0.2) is 0 Å². The molecule has 45 heavy (non-hydrogen) atoms. The summed E-state index contributed by atoms with van der Waals surface area (Å²) >= 11 is 9.95. The minimum atomic E-state index is -4.22. The third-order valence-corrected chi connectivity index (χ3v) is 10.0. The lowest BCUT2D eigenvalue weighted by atomic mass is 10.0. The van der Waals surface area contributed by atoms with Crippen molar-refractivity contribution in [2.24, 2.45) is 0 Å². The number of rotatable bonds is 12. The highest BCUT2D eigenvalue weighted by Gasteiger charge is 2.35. The Morgan fingerprint density at radius 2 is 1.51 bits per heavy atom. The maximum absolute atomic E-state index is 14.6. The molecule has 0 aromatic heterocycles. The number of nitrogens with one attached hydrogen (secondary N) is 1. The van der Waals surface area contributed by atoms with E-state index in [1.54, 1.807) is 37.3 Å². The molecule has 0 aliphatic heterocycles. The number of hydrogen-bond acceptors (Lipinski definition) is 4. The SMILES string of the molecule is Cc1ccc(S(=O)(=O)N(CC(=O)N(Cc2cccc(Br)c2)C(Cc2ccccc2)C(=O)NC(C)C)c2cccc(Cl)c2C)cc1. The number of nitrogens with zero attached hydrogens (tertiary/aromatic N) is 2. The number of halogens is 2. The van der Waals surface area contributed by atoms with Crippen LogP contribution in [0.15, 0.2) is 106 Å². The molecule has 4 rings (SSSR count). The van der Waals surface area contributed by atoms with E-state index in [9.17, 15) is 18.0 Å². The van der Waals surface area contributed by atoms with Gasteiger partial charge in [-0.25, -0.2) is 8.42 Å². The Hall–Kier alpha value is -3.66. The van der Waals surface area contributed by atoms with Crippen molar-refractivity contribution in [1.82, 2.24) is 10.2 Å². The van der Waals surface area contributed by atoms with Gasteiger partial charge in [-0.05, 0) is 80.8 Å². The van der Waals surface area contributed by atoms with Crippen LogP contribution in [0.4, 0.5) is 5.69 Å². The van der Waals surface area contributed by atoms with Gasteiger partial charge in [0.25, 0.3) is 10.0 Å². The normalized spacial score (nSPS) is 12.1. The molecule has 0 aliphatic carbocycles. The number of anilines is 1. The fourth-order valence-corrected chi connectivity index (χ4v) is 7.07. The van der Waals surface area contributed by atoms with Crippen molar-refractivity contribution >= 4 is 55.1 Å². The van der Waals surface area contributed by atoms with Gasteiger partial charge in [-0.15, -0.1) is 0 Å². The van der Waals surface area contributed by atoms with E-state index >= 15 is 0 Å². The van der Waals surface area contributed by atoms with Crippen LogP contribution in [0.25, 0.3) is 0 Å². The summed E-state index contributed by atoms with van der Waals surface area (Å²) in [5.74, 6) is -0.867. The Labute approximate surface area is 279 Å². The number of carbonyl (C=O) groups is 2. The first-order chi connectivity index (χ1) is 21.4. The first-order valence-electron chi connectivity index (χ1n) is 14.6. The van der Waals surface area contributed by atoms with Gasteiger partial charge in [0, 0.05) is 28.5 Å². The van der Waals surface area contributed by atoms with Crippen LogP contribution < -0.4 is 9.62 Å². The second kappa shape index (κ2) is 15.1. The number of benzene rings is 4. The summed E-state index contributed by atoms with van der Waals surface area (Å²) in [5, 5.41) is 3.34. The Kier molecular flexibility index (Phi) is 11.5. The van der Waals surface area contributed by atoms with Crippen LogP contribution in [0.3, 0.4) is 0 Å². The molecule has 0 bridgehead atoms. The standard InChI is InChI=1S/C35H37BrClN3O4S/c1-24(2)38-35(42)33(21-27-10-6-5-7-11-27)39(22-28-12-8-13-29(36)20-28)34(41)23-40(32-15-9-14-31(37)26(32)4)45(43,44)30-18-16-25(3)17-19-30/h5-20,24,33H,21-23H2,1-4H3,(H,38,42). The van der Waals surface area contributed by atoms with E-state index in [0.29, 0.717) is 10.6 Å². The lowest BCUT2D eigenvalue weighted by molar-refractivity contribution is -0.140. The molecule has 0 saturated heterocycles. The second-order valence-corrected chi connectivity index (χ2v) is 14.4. The summed E-state index contributed by atoms with van der Waals surface area (Å²) in [6.07, 6.45) is 0.236. The number of amides is 2. The van der Waals surface area contributed by atoms with Crippen LogP contribution in [0.1, 0.15) is 36.1 Å². The van der Waals surface area contributed by atoms with E-state index in [1.165, 1.54) is 17.0 Å². The molecule has 0 radical (unpaired) electrons. The molecule has 1 unspecified atom stereocenters. The van der Waals surface area contributed by atoms with Crippen molar-refractivity contribution < 1.29 is 18.0 Å². The average Bonchev–Trinajstić information content (AvgIpc) is 2.99. The Balaban J connectivity index is 1.84. The lowest BCUT2D eigenvalue weighted by Gasteiger charge is -2.34. The molecule has 0 aliphatic rings.